The van der Waals surface area contributed by atoms with Crippen molar-refractivity contribution in [3.63, 3.8) is 0 Å². The molecule has 3 nitrogen and oxygen atoms in total. The Kier molecular flexibility index (Phi) is 4.57. The van der Waals surface area contributed by atoms with E-state index in [0.29, 0.717) is 0 Å². The van der Waals surface area contributed by atoms with Gasteiger partial charge in [-0.15, -0.1) is 0 Å². The average molecular weight is 274 g/mol. The number of nitrogens with one attached hydrogen (secondary N) is 1. The molecule has 0 saturated carbocycles. The van der Waals surface area contributed by atoms with Gasteiger partial charge in [0.25, 0.3) is 0 Å². The number of benzene rings is 1. The highest BCUT2D eigenvalue weighted by Gasteiger charge is 2.19. The highest BCUT2D eigenvalue weighted by atomic mass is 79.9. The van der Waals surface area contributed by atoms with E-state index in [1.165, 1.54) is 0 Å². The number of likely N-dealkylation sites (N-methyl/N-ethyl adjacent to an activating group) is 1. The third-order valence-electron chi connectivity index (χ3n) is 2.32. The van der Waals surface area contributed by atoms with Gasteiger partial charge in [0, 0.05) is 10.0 Å². The van der Waals surface area contributed by atoms with Crippen molar-refractivity contribution < 1.29 is 9.84 Å². The van der Waals surface area contributed by atoms with Crippen LogP contribution in [0.2, 0.25) is 0 Å². The summed E-state index contributed by atoms with van der Waals surface area (Å²) in [6, 6.07) is 5.62. The maximum Gasteiger partial charge on any atom is 0.123 e. The van der Waals surface area contributed by atoms with E-state index in [4.69, 9.17) is 4.74 Å². The molecule has 2 atom stereocenters. The van der Waals surface area contributed by atoms with Gasteiger partial charge >= 0.3 is 0 Å². The maximum atomic E-state index is 9.64. The van der Waals surface area contributed by atoms with Gasteiger partial charge in [-0.05, 0) is 32.2 Å². The number of aliphatic hydroxyl groups is 1. The zero-order valence-corrected chi connectivity index (χ0v) is 10.7. The normalized spacial score (nSPS) is 14.7. The van der Waals surface area contributed by atoms with Crippen molar-refractivity contribution in [2.24, 2.45) is 0 Å². The SMILES string of the molecule is CNC(c1cc(Br)ccc1OC)C(C)O. The molecule has 15 heavy (non-hydrogen) atoms. The van der Waals surface area contributed by atoms with Crippen LogP contribution in [0.15, 0.2) is 22.7 Å². The number of halogens is 1. The molecule has 0 aliphatic carbocycles. The van der Waals surface area contributed by atoms with Crippen LogP contribution in [0.4, 0.5) is 0 Å². The van der Waals surface area contributed by atoms with Gasteiger partial charge in [-0.25, -0.2) is 0 Å². The molecule has 0 aliphatic rings. The first kappa shape index (κ1) is 12.5. The monoisotopic (exact) mass is 273 g/mol. The van der Waals surface area contributed by atoms with Crippen LogP contribution in [0.3, 0.4) is 0 Å². The fourth-order valence-electron chi connectivity index (χ4n) is 1.60. The summed E-state index contributed by atoms with van der Waals surface area (Å²) in [5.41, 5.74) is 0.948. The highest BCUT2D eigenvalue weighted by Crippen LogP contribution is 2.29. The Morgan fingerprint density at radius 2 is 2.13 bits per heavy atom. The number of hydrogen-bond acceptors (Lipinski definition) is 3. The van der Waals surface area contributed by atoms with E-state index in [1.54, 1.807) is 14.0 Å². The molecule has 0 bridgehead atoms. The Balaban J connectivity index is 3.13. The fraction of sp³-hybridized carbons (Fsp3) is 0.455. The summed E-state index contributed by atoms with van der Waals surface area (Å²) in [5, 5.41) is 12.7. The highest BCUT2D eigenvalue weighted by molar-refractivity contribution is 9.10. The molecule has 0 spiro atoms. The van der Waals surface area contributed by atoms with Crippen molar-refractivity contribution in [2.45, 2.75) is 19.1 Å². The van der Waals surface area contributed by atoms with Crippen LogP contribution in [0.25, 0.3) is 0 Å². The lowest BCUT2D eigenvalue weighted by Gasteiger charge is -2.22. The van der Waals surface area contributed by atoms with E-state index in [0.717, 1.165) is 15.8 Å². The Hall–Kier alpha value is -0.580. The van der Waals surface area contributed by atoms with Crippen LogP contribution in [-0.2, 0) is 0 Å². The van der Waals surface area contributed by atoms with Crippen LogP contribution in [0, 0.1) is 0 Å². The summed E-state index contributed by atoms with van der Waals surface area (Å²) < 4.78 is 6.23. The Bertz CT molecular complexity index is 328. The van der Waals surface area contributed by atoms with Crippen LogP contribution in [0.1, 0.15) is 18.5 Å². The quantitative estimate of drug-likeness (QED) is 0.883. The summed E-state index contributed by atoms with van der Waals surface area (Å²) >= 11 is 3.41. The molecule has 1 aromatic rings. The van der Waals surface area contributed by atoms with Crippen molar-refractivity contribution in [2.75, 3.05) is 14.2 Å². The van der Waals surface area contributed by atoms with Crippen molar-refractivity contribution in [1.29, 1.82) is 0 Å². The van der Waals surface area contributed by atoms with Gasteiger partial charge in [0.05, 0.1) is 19.3 Å². The minimum absolute atomic E-state index is 0.127. The summed E-state index contributed by atoms with van der Waals surface area (Å²) in [5.74, 6) is 0.776. The molecular weight excluding hydrogens is 258 g/mol. The molecule has 0 saturated heterocycles. The molecule has 1 aromatic carbocycles. The molecule has 0 heterocycles. The summed E-state index contributed by atoms with van der Waals surface area (Å²) in [7, 11) is 3.44. The molecule has 2 N–H and O–H groups in total. The van der Waals surface area contributed by atoms with Gasteiger partial charge in [-0.2, -0.15) is 0 Å². The van der Waals surface area contributed by atoms with E-state index in [2.05, 4.69) is 21.2 Å². The van der Waals surface area contributed by atoms with Gasteiger partial charge in [-0.1, -0.05) is 15.9 Å². The third-order valence-corrected chi connectivity index (χ3v) is 2.81. The molecule has 0 fully saturated rings. The lowest BCUT2D eigenvalue weighted by Crippen LogP contribution is -2.27. The maximum absolute atomic E-state index is 9.64. The largest absolute Gasteiger partial charge is 0.496 e. The molecular formula is C11H16BrNO2. The number of methoxy groups -OCH3 is 1. The summed E-state index contributed by atoms with van der Waals surface area (Å²) in [4.78, 5) is 0. The van der Waals surface area contributed by atoms with Crippen molar-refractivity contribution >= 4 is 15.9 Å². The van der Waals surface area contributed by atoms with Crippen molar-refractivity contribution in [3.05, 3.63) is 28.2 Å². The van der Waals surface area contributed by atoms with Crippen molar-refractivity contribution in [3.8, 4) is 5.75 Å². The number of hydrogen-bond donors (Lipinski definition) is 2. The van der Waals surface area contributed by atoms with Gasteiger partial charge in [0.2, 0.25) is 0 Å². The smallest absolute Gasteiger partial charge is 0.123 e. The standard InChI is InChI=1S/C11H16BrNO2/c1-7(14)11(13-2)9-6-8(12)4-5-10(9)15-3/h4-7,11,13-14H,1-3H3. The second-order valence-corrected chi connectivity index (χ2v) is 4.31. The lowest BCUT2D eigenvalue weighted by atomic mass is 10.0. The minimum Gasteiger partial charge on any atom is -0.496 e. The van der Waals surface area contributed by atoms with E-state index >= 15 is 0 Å². The van der Waals surface area contributed by atoms with Crippen LogP contribution in [0.5, 0.6) is 5.75 Å². The number of rotatable bonds is 4. The third kappa shape index (κ3) is 2.93. The van der Waals surface area contributed by atoms with Crippen molar-refractivity contribution in [1.82, 2.24) is 5.32 Å². The van der Waals surface area contributed by atoms with Crippen LogP contribution in [-0.4, -0.2) is 25.4 Å². The minimum atomic E-state index is -0.474. The Morgan fingerprint density at radius 3 is 2.60 bits per heavy atom. The molecule has 84 valence electrons. The van der Waals surface area contributed by atoms with E-state index < -0.39 is 6.10 Å². The van der Waals surface area contributed by atoms with Crippen LogP contribution >= 0.6 is 15.9 Å². The first-order chi connectivity index (χ1) is 7.10. The molecule has 0 radical (unpaired) electrons. The predicted octanol–water partition coefficient (Wildman–Crippen LogP) is 2.10. The van der Waals surface area contributed by atoms with E-state index in [-0.39, 0.29) is 6.04 Å². The molecule has 1 rings (SSSR count). The molecule has 2 unspecified atom stereocenters. The van der Waals surface area contributed by atoms with Crippen LogP contribution < -0.4 is 10.1 Å². The molecule has 4 heteroatoms. The van der Waals surface area contributed by atoms with Gasteiger partial charge in [0.15, 0.2) is 0 Å². The van der Waals surface area contributed by atoms with Gasteiger partial charge < -0.3 is 15.2 Å². The van der Waals surface area contributed by atoms with E-state index in [9.17, 15) is 5.11 Å². The molecule has 0 amide bonds. The second kappa shape index (κ2) is 5.49. The Morgan fingerprint density at radius 1 is 1.47 bits per heavy atom. The molecule has 0 aromatic heterocycles. The average Bonchev–Trinajstić information content (AvgIpc) is 2.18. The topological polar surface area (TPSA) is 41.5 Å². The number of ether oxygens (including phenoxy) is 1. The molecule has 0 aliphatic heterocycles. The lowest BCUT2D eigenvalue weighted by molar-refractivity contribution is 0.148. The zero-order chi connectivity index (χ0) is 11.4. The predicted molar refractivity (Wildman–Crippen MR) is 64.2 cm³/mol. The number of aliphatic hydroxyl groups excluding tert-OH is 1. The van der Waals surface area contributed by atoms with Gasteiger partial charge in [-0.3, -0.25) is 0 Å². The zero-order valence-electron chi connectivity index (χ0n) is 9.12. The summed E-state index contributed by atoms with van der Waals surface area (Å²) in [6.45, 7) is 1.75. The first-order valence-corrected chi connectivity index (χ1v) is 5.58. The Labute approximate surface area is 98.6 Å². The first-order valence-electron chi connectivity index (χ1n) is 4.79. The van der Waals surface area contributed by atoms with Gasteiger partial charge in [0.1, 0.15) is 5.75 Å². The fourth-order valence-corrected chi connectivity index (χ4v) is 1.98. The second-order valence-electron chi connectivity index (χ2n) is 3.39. The summed E-state index contributed by atoms with van der Waals surface area (Å²) in [6.07, 6.45) is -0.474. The van der Waals surface area contributed by atoms with E-state index in [1.807, 2.05) is 25.2 Å².